The summed E-state index contributed by atoms with van der Waals surface area (Å²) >= 11 is 0. The van der Waals surface area contributed by atoms with E-state index in [-0.39, 0.29) is 23.8 Å². The molecular weight excluding hydrogens is 230 g/mol. The first kappa shape index (κ1) is 13.2. The van der Waals surface area contributed by atoms with Crippen molar-refractivity contribution >= 4 is 5.69 Å². The van der Waals surface area contributed by atoms with E-state index in [1.807, 2.05) is 0 Å². The van der Waals surface area contributed by atoms with Crippen LogP contribution < -0.4 is 9.47 Å². The van der Waals surface area contributed by atoms with Crippen molar-refractivity contribution in [2.24, 2.45) is 0 Å². The Hall–Kier alpha value is -1.86. The fraction of sp³-hybridized carbons (Fsp3) is 0.400. The number of methoxy groups -OCH3 is 1. The fourth-order valence-corrected chi connectivity index (χ4v) is 1.15. The summed E-state index contributed by atoms with van der Waals surface area (Å²) in [5, 5.41) is 28.4. The van der Waals surface area contributed by atoms with Gasteiger partial charge in [0, 0.05) is 0 Å². The van der Waals surface area contributed by atoms with Crippen LogP contribution in [-0.2, 0) is 0 Å². The largest absolute Gasteiger partial charge is 0.491 e. The summed E-state index contributed by atoms with van der Waals surface area (Å²) in [5.74, 6) is 0.357. The lowest BCUT2D eigenvalue weighted by molar-refractivity contribution is -0.385. The number of benzene rings is 1. The summed E-state index contributed by atoms with van der Waals surface area (Å²) in [6.07, 6.45) is -1.02. The lowest BCUT2D eigenvalue weighted by Gasteiger charge is -2.10. The van der Waals surface area contributed by atoms with Crippen LogP contribution in [0.5, 0.6) is 11.5 Å². The van der Waals surface area contributed by atoms with Crippen LogP contribution in [0.1, 0.15) is 0 Å². The smallest absolute Gasteiger partial charge is 0.314 e. The number of ether oxygens (including phenoxy) is 2. The molecule has 0 spiro atoms. The third kappa shape index (κ3) is 3.58. The van der Waals surface area contributed by atoms with E-state index < -0.39 is 17.6 Å². The number of aliphatic hydroxyl groups is 2. The van der Waals surface area contributed by atoms with Gasteiger partial charge in [-0.2, -0.15) is 0 Å². The summed E-state index contributed by atoms with van der Waals surface area (Å²) in [7, 11) is 1.33. The Labute approximate surface area is 97.4 Å². The number of rotatable bonds is 6. The van der Waals surface area contributed by atoms with Gasteiger partial charge in [0.25, 0.3) is 0 Å². The van der Waals surface area contributed by atoms with Crippen LogP contribution in [0.25, 0.3) is 0 Å². The van der Waals surface area contributed by atoms with Gasteiger partial charge in [-0.25, -0.2) is 0 Å². The average molecular weight is 243 g/mol. The predicted octanol–water partition coefficient (Wildman–Crippen LogP) is 0.335. The molecular formula is C10H13NO6. The van der Waals surface area contributed by atoms with Crippen LogP contribution in [0.4, 0.5) is 5.69 Å². The van der Waals surface area contributed by atoms with Crippen molar-refractivity contribution in [3.63, 3.8) is 0 Å². The molecule has 2 N–H and O–H groups in total. The van der Waals surface area contributed by atoms with Gasteiger partial charge in [-0.1, -0.05) is 0 Å². The maximum Gasteiger partial charge on any atom is 0.314 e. The lowest BCUT2D eigenvalue weighted by Crippen LogP contribution is -2.21. The zero-order valence-electron chi connectivity index (χ0n) is 9.20. The first-order chi connectivity index (χ1) is 8.08. The second kappa shape index (κ2) is 6.02. The summed E-state index contributed by atoms with van der Waals surface area (Å²) in [6, 6.07) is 4.08. The Bertz CT molecular complexity index is 394. The minimum atomic E-state index is -1.02. The minimum Gasteiger partial charge on any atom is -0.491 e. The maximum absolute atomic E-state index is 10.7. The third-order valence-electron chi connectivity index (χ3n) is 2.00. The molecule has 7 heteroatoms. The highest BCUT2D eigenvalue weighted by Crippen LogP contribution is 2.30. The van der Waals surface area contributed by atoms with Gasteiger partial charge in [-0.15, -0.1) is 0 Å². The molecule has 94 valence electrons. The number of nitro groups is 1. The highest BCUT2D eigenvalue weighted by molar-refractivity contribution is 5.50. The van der Waals surface area contributed by atoms with E-state index in [2.05, 4.69) is 0 Å². The minimum absolute atomic E-state index is 0.130. The molecule has 0 aliphatic rings. The van der Waals surface area contributed by atoms with Crippen molar-refractivity contribution in [1.29, 1.82) is 0 Å². The monoisotopic (exact) mass is 243 g/mol. The van der Waals surface area contributed by atoms with Gasteiger partial charge in [0.05, 0.1) is 24.7 Å². The number of nitro benzene ring substituents is 1. The fourth-order valence-electron chi connectivity index (χ4n) is 1.15. The third-order valence-corrected chi connectivity index (χ3v) is 2.00. The standard InChI is InChI=1S/C10H13NO6/c1-16-10-3-2-8(4-9(10)11(14)15)17-6-7(13)5-12/h2-4,7,12-13H,5-6H2,1H3. The molecule has 17 heavy (non-hydrogen) atoms. The molecule has 1 atom stereocenters. The first-order valence-electron chi connectivity index (χ1n) is 4.82. The molecule has 0 heterocycles. The van der Waals surface area contributed by atoms with Crippen LogP contribution in [0.15, 0.2) is 18.2 Å². The van der Waals surface area contributed by atoms with Gasteiger partial charge < -0.3 is 19.7 Å². The van der Waals surface area contributed by atoms with Crippen molar-refractivity contribution in [2.75, 3.05) is 20.3 Å². The number of aliphatic hydroxyl groups excluding tert-OH is 2. The SMILES string of the molecule is COc1ccc(OCC(O)CO)cc1[N+](=O)[O-]. The molecule has 1 aromatic rings. The van der Waals surface area contributed by atoms with Crippen molar-refractivity contribution in [2.45, 2.75) is 6.10 Å². The normalized spacial score (nSPS) is 11.9. The van der Waals surface area contributed by atoms with Crippen LogP contribution >= 0.6 is 0 Å². The molecule has 0 saturated heterocycles. The number of hydrogen-bond acceptors (Lipinski definition) is 6. The van der Waals surface area contributed by atoms with Crippen molar-refractivity contribution in [1.82, 2.24) is 0 Å². The Balaban J connectivity index is 2.81. The second-order valence-corrected chi connectivity index (χ2v) is 3.24. The molecule has 0 amide bonds. The van der Waals surface area contributed by atoms with E-state index >= 15 is 0 Å². The van der Waals surface area contributed by atoms with Crippen molar-refractivity contribution in [3.8, 4) is 11.5 Å². The molecule has 0 aliphatic heterocycles. The maximum atomic E-state index is 10.7. The number of hydrogen-bond donors (Lipinski definition) is 2. The van der Waals surface area contributed by atoms with Crippen LogP contribution in [0.2, 0.25) is 0 Å². The highest BCUT2D eigenvalue weighted by atomic mass is 16.6. The van der Waals surface area contributed by atoms with Gasteiger partial charge in [0.2, 0.25) is 0 Å². The Morgan fingerprint density at radius 2 is 2.24 bits per heavy atom. The Kier molecular flexibility index (Phi) is 4.68. The van der Waals surface area contributed by atoms with E-state index in [0.717, 1.165) is 0 Å². The van der Waals surface area contributed by atoms with E-state index in [1.54, 1.807) is 0 Å². The van der Waals surface area contributed by atoms with E-state index in [1.165, 1.54) is 25.3 Å². The number of nitrogens with zero attached hydrogens (tertiary/aromatic N) is 1. The highest BCUT2D eigenvalue weighted by Gasteiger charge is 2.16. The molecule has 7 nitrogen and oxygen atoms in total. The lowest BCUT2D eigenvalue weighted by atomic mass is 10.3. The summed E-state index contributed by atoms with van der Waals surface area (Å²) in [6.45, 7) is -0.571. The molecule has 1 unspecified atom stereocenters. The topological polar surface area (TPSA) is 102 Å². The van der Waals surface area contributed by atoms with Gasteiger partial charge in [0.15, 0.2) is 5.75 Å². The Morgan fingerprint density at radius 3 is 2.76 bits per heavy atom. The van der Waals surface area contributed by atoms with Crippen molar-refractivity contribution in [3.05, 3.63) is 28.3 Å². The van der Waals surface area contributed by atoms with Gasteiger partial charge in [-0.05, 0) is 12.1 Å². The second-order valence-electron chi connectivity index (χ2n) is 3.24. The van der Waals surface area contributed by atoms with E-state index in [9.17, 15) is 10.1 Å². The van der Waals surface area contributed by atoms with Gasteiger partial charge >= 0.3 is 5.69 Å². The van der Waals surface area contributed by atoms with Gasteiger partial charge in [0.1, 0.15) is 18.5 Å². The molecule has 1 rings (SSSR count). The summed E-state index contributed by atoms with van der Waals surface area (Å²) in [4.78, 5) is 10.1. The first-order valence-corrected chi connectivity index (χ1v) is 4.82. The van der Waals surface area contributed by atoms with Crippen LogP contribution in [-0.4, -0.2) is 41.6 Å². The molecule has 0 bridgehead atoms. The molecule has 0 saturated carbocycles. The average Bonchev–Trinajstić information content (AvgIpc) is 2.35. The van der Waals surface area contributed by atoms with Crippen LogP contribution in [0.3, 0.4) is 0 Å². The van der Waals surface area contributed by atoms with Gasteiger partial charge in [-0.3, -0.25) is 10.1 Å². The quantitative estimate of drug-likeness (QED) is 0.551. The molecule has 0 fully saturated rings. The predicted molar refractivity (Wildman–Crippen MR) is 58.2 cm³/mol. The van der Waals surface area contributed by atoms with Crippen LogP contribution in [0, 0.1) is 10.1 Å². The van der Waals surface area contributed by atoms with E-state index in [4.69, 9.17) is 19.7 Å². The molecule has 0 aromatic heterocycles. The zero-order valence-corrected chi connectivity index (χ0v) is 9.20. The van der Waals surface area contributed by atoms with E-state index in [0.29, 0.717) is 0 Å². The molecule has 0 aliphatic carbocycles. The zero-order chi connectivity index (χ0) is 12.8. The Morgan fingerprint density at radius 1 is 1.53 bits per heavy atom. The molecule has 0 radical (unpaired) electrons. The summed E-state index contributed by atoms with van der Waals surface area (Å²) in [5.41, 5.74) is -0.219. The van der Waals surface area contributed by atoms with Crippen molar-refractivity contribution < 1.29 is 24.6 Å². The molecule has 1 aromatic carbocycles. The summed E-state index contributed by atoms with van der Waals surface area (Å²) < 4.78 is 9.90.